The summed E-state index contributed by atoms with van der Waals surface area (Å²) in [5.41, 5.74) is 3.03. The van der Waals surface area contributed by atoms with Crippen LogP contribution in [0.1, 0.15) is 31.9 Å². The highest BCUT2D eigenvalue weighted by atomic mass is 32.1. The third kappa shape index (κ3) is 3.43. The lowest BCUT2D eigenvalue weighted by Crippen LogP contribution is -2.23. The van der Waals surface area contributed by atoms with Gasteiger partial charge in [-0.1, -0.05) is 68.5 Å². The number of ether oxygens (including phenoxy) is 1. The van der Waals surface area contributed by atoms with Crippen molar-refractivity contribution in [2.75, 3.05) is 7.11 Å². The van der Waals surface area contributed by atoms with Crippen LogP contribution in [0.15, 0.2) is 53.3 Å². The van der Waals surface area contributed by atoms with Crippen LogP contribution in [0.5, 0.6) is 5.75 Å². The molecule has 0 aliphatic heterocycles. The summed E-state index contributed by atoms with van der Waals surface area (Å²) in [5.74, 6) is 1.35. The van der Waals surface area contributed by atoms with E-state index in [4.69, 9.17) is 4.74 Å². The van der Waals surface area contributed by atoms with E-state index in [0.717, 1.165) is 16.9 Å². The Morgan fingerprint density at radius 1 is 1.04 bits per heavy atom. The van der Waals surface area contributed by atoms with Crippen LogP contribution in [-0.4, -0.2) is 21.7 Å². The number of benzene rings is 2. The SMILES string of the molecule is COc1ccc(/C=c2\sc3nc(-c4ccc(C(C)(C)C)cc4)nn3c2=O)cc1. The fourth-order valence-electron chi connectivity index (χ4n) is 2.93. The summed E-state index contributed by atoms with van der Waals surface area (Å²) in [6, 6.07) is 15.8. The zero-order valence-electron chi connectivity index (χ0n) is 16.3. The first-order valence-electron chi connectivity index (χ1n) is 9.01. The Balaban J connectivity index is 1.70. The molecular weight excluding hydrogens is 370 g/mol. The van der Waals surface area contributed by atoms with E-state index in [1.54, 1.807) is 7.11 Å². The van der Waals surface area contributed by atoms with E-state index in [2.05, 4.69) is 43.0 Å². The molecule has 0 N–H and O–H groups in total. The highest BCUT2D eigenvalue weighted by Gasteiger charge is 2.15. The lowest BCUT2D eigenvalue weighted by atomic mass is 9.87. The molecule has 2 heterocycles. The maximum absolute atomic E-state index is 12.7. The lowest BCUT2D eigenvalue weighted by Gasteiger charge is -2.18. The first kappa shape index (κ1) is 18.4. The van der Waals surface area contributed by atoms with Gasteiger partial charge in [-0.2, -0.15) is 9.50 Å². The molecule has 0 aliphatic rings. The maximum atomic E-state index is 12.7. The maximum Gasteiger partial charge on any atom is 0.291 e. The molecule has 28 heavy (non-hydrogen) atoms. The van der Waals surface area contributed by atoms with Gasteiger partial charge in [0.2, 0.25) is 4.96 Å². The Kier molecular flexibility index (Phi) is 4.51. The second-order valence-corrected chi connectivity index (χ2v) is 8.66. The van der Waals surface area contributed by atoms with Gasteiger partial charge in [0.15, 0.2) is 5.82 Å². The minimum Gasteiger partial charge on any atom is -0.497 e. The summed E-state index contributed by atoms with van der Waals surface area (Å²) in [4.78, 5) is 17.9. The Morgan fingerprint density at radius 2 is 1.71 bits per heavy atom. The predicted octanol–water partition coefficient (Wildman–Crippen LogP) is 3.67. The summed E-state index contributed by atoms with van der Waals surface area (Å²) in [5, 5.41) is 4.43. The normalized spacial score (nSPS) is 12.6. The minimum absolute atomic E-state index is 0.0921. The number of fused-ring (bicyclic) bond motifs is 1. The summed E-state index contributed by atoms with van der Waals surface area (Å²) in [6.45, 7) is 6.53. The first-order valence-corrected chi connectivity index (χ1v) is 9.83. The predicted molar refractivity (Wildman–Crippen MR) is 113 cm³/mol. The number of aromatic nitrogens is 3. The molecule has 0 radical (unpaired) electrons. The van der Waals surface area contributed by atoms with Crippen molar-refractivity contribution >= 4 is 22.4 Å². The zero-order chi connectivity index (χ0) is 19.9. The van der Waals surface area contributed by atoms with Gasteiger partial charge in [0.05, 0.1) is 11.6 Å². The van der Waals surface area contributed by atoms with Crippen LogP contribution < -0.4 is 14.8 Å². The molecule has 2 aromatic carbocycles. The van der Waals surface area contributed by atoms with Crippen LogP contribution in [0, 0.1) is 0 Å². The smallest absolute Gasteiger partial charge is 0.291 e. The Labute approximate surface area is 166 Å². The molecule has 0 aliphatic carbocycles. The molecule has 142 valence electrons. The molecular formula is C22H21N3O2S. The van der Waals surface area contributed by atoms with Crippen molar-refractivity contribution in [3.05, 3.63) is 74.5 Å². The molecule has 0 amide bonds. The molecule has 0 fully saturated rings. The van der Waals surface area contributed by atoms with E-state index in [-0.39, 0.29) is 11.0 Å². The summed E-state index contributed by atoms with van der Waals surface area (Å²) >= 11 is 1.34. The van der Waals surface area contributed by atoms with Gasteiger partial charge in [-0.05, 0) is 34.8 Å². The highest BCUT2D eigenvalue weighted by molar-refractivity contribution is 7.15. The average molecular weight is 391 g/mol. The molecule has 0 saturated carbocycles. The topological polar surface area (TPSA) is 56.5 Å². The molecule has 2 aromatic heterocycles. The van der Waals surface area contributed by atoms with Crippen LogP contribution in [0.2, 0.25) is 0 Å². The number of methoxy groups -OCH3 is 1. The van der Waals surface area contributed by atoms with Gasteiger partial charge in [0.25, 0.3) is 5.56 Å². The van der Waals surface area contributed by atoms with Crippen LogP contribution >= 0.6 is 11.3 Å². The molecule has 0 spiro atoms. The van der Waals surface area contributed by atoms with Crippen molar-refractivity contribution in [2.45, 2.75) is 26.2 Å². The number of rotatable bonds is 3. The summed E-state index contributed by atoms with van der Waals surface area (Å²) in [6.07, 6.45) is 1.85. The fraction of sp³-hybridized carbons (Fsp3) is 0.227. The number of hydrogen-bond donors (Lipinski definition) is 0. The van der Waals surface area contributed by atoms with Crippen molar-refractivity contribution in [2.24, 2.45) is 0 Å². The van der Waals surface area contributed by atoms with Crippen molar-refractivity contribution in [3.63, 3.8) is 0 Å². The number of nitrogens with zero attached hydrogens (tertiary/aromatic N) is 3. The third-order valence-electron chi connectivity index (χ3n) is 4.60. The molecule has 0 atom stereocenters. The number of hydrogen-bond acceptors (Lipinski definition) is 5. The molecule has 0 unspecified atom stereocenters. The van der Waals surface area contributed by atoms with Gasteiger partial charge < -0.3 is 4.74 Å². The van der Waals surface area contributed by atoms with E-state index >= 15 is 0 Å². The van der Waals surface area contributed by atoms with Gasteiger partial charge in [-0.3, -0.25) is 4.79 Å². The van der Waals surface area contributed by atoms with Gasteiger partial charge >= 0.3 is 0 Å². The lowest BCUT2D eigenvalue weighted by molar-refractivity contribution is 0.415. The van der Waals surface area contributed by atoms with Crippen molar-refractivity contribution in [1.29, 1.82) is 0 Å². The van der Waals surface area contributed by atoms with Crippen LogP contribution in [-0.2, 0) is 5.41 Å². The van der Waals surface area contributed by atoms with E-state index in [9.17, 15) is 4.79 Å². The van der Waals surface area contributed by atoms with Crippen LogP contribution in [0.4, 0.5) is 0 Å². The Hall–Kier alpha value is -2.99. The summed E-state index contributed by atoms with van der Waals surface area (Å²) in [7, 11) is 1.63. The van der Waals surface area contributed by atoms with E-state index < -0.39 is 0 Å². The van der Waals surface area contributed by atoms with Crippen LogP contribution in [0.3, 0.4) is 0 Å². The standard InChI is InChI=1S/C22H21N3O2S/c1-22(2,3)16-9-7-15(8-10-16)19-23-21-25(24-19)20(26)18(28-21)13-14-5-11-17(27-4)12-6-14/h5-13H,1-4H3/b18-13-. The number of thiazole rings is 1. The Bertz CT molecular complexity index is 1230. The monoisotopic (exact) mass is 391 g/mol. The van der Waals surface area contributed by atoms with E-state index in [1.165, 1.54) is 21.4 Å². The quantitative estimate of drug-likeness (QED) is 0.535. The zero-order valence-corrected chi connectivity index (χ0v) is 17.1. The van der Waals surface area contributed by atoms with E-state index in [1.807, 2.05) is 42.5 Å². The Morgan fingerprint density at radius 3 is 2.29 bits per heavy atom. The second kappa shape index (κ2) is 6.87. The van der Waals surface area contributed by atoms with E-state index in [0.29, 0.717) is 15.3 Å². The molecule has 0 bridgehead atoms. The average Bonchev–Trinajstić information content (AvgIpc) is 3.22. The first-order chi connectivity index (χ1) is 13.3. The van der Waals surface area contributed by atoms with Crippen LogP contribution in [0.25, 0.3) is 22.4 Å². The molecule has 6 heteroatoms. The largest absolute Gasteiger partial charge is 0.497 e. The van der Waals surface area contributed by atoms with Crippen molar-refractivity contribution in [1.82, 2.24) is 14.6 Å². The van der Waals surface area contributed by atoms with Crippen molar-refractivity contribution in [3.8, 4) is 17.1 Å². The molecule has 0 saturated heterocycles. The highest BCUT2D eigenvalue weighted by Crippen LogP contribution is 2.25. The van der Waals surface area contributed by atoms with Gasteiger partial charge in [-0.25, -0.2) is 0 Å². The van der Waals surface area contributed by atoms with Gasteiger partial charge in [-0.15, -0.1) is 5.10 Å². The van der Waals surface area contributed by atoms with Gasteiger partial charge in [0.1, 0.15) is 5.75 Å². The fourth-order valence-corrected chi connectivity index (χ4v) is 3.83. The molecule has 5 nitrogen and oxygen atoms in total. The molecule has 4 aromatic rings. The minimum atomic E-state index is -0.152. The molecule has 4 rings (SSSR count). The summed E-state index contributed by atoms with van der Waals surface area (Å²) < 4.78 is 7.15. The second-order valence-electron chi connectivity index (χ2n) is 7.65. The third-order valence-corrected chi connectivity index (χ3v) is 5.56. The van der Waals surface area contributed by atoms with Crippen molar-refractivity contribution < 1.29 is 4.74 Å². The van der Waals surface area contributed by atoms with Gasteiger partial charge in [0, 0.05) is 5.56 Å².